The van der Waals surface area contributed by atoms with Gasteiger partial charge in [0.25, 0.3) is 0 Å². The summed E-state index contributed by atoms with van der Waals surface area (Å²) in [5.41, 5.74) is 0.963. The van der Waals surface area contributed by atoms with Crippen molar-refractivity contribution in [2.45, 2.75) is 45.8 Å². The van der Waals surface area contributed by atoms with Crippen LogP contribution in [0.25, 0.3) is 0 Å². The number of hydrogen-bond donors (Lipinski definition) is 2. The van der Waals surface area contributed by atoms with Crippen LogP contribution in [0.1, 0.15) is 42.0 Å². The van der Waals surface area contributed by atoms with Crippen molar-refractivity contribution >= 4 is 5.91 Å². The molecule has 9 heteroatoms. The lowest BCUT2D eigenvalue weighted by atomic mass is 9.73. The first-order valence-corrected chi connectivity index (χ1v) is 13.1. The second-order valence-corrected chi connectivity index (χ2v) is 9.88. The van der Waals surface area contributed by atoms with Gasteiger partial charge in [0.05, 0.1) is 11.0 Å². The lowest BCUT2D eigenvalue weighted by molar-refractivity contribution is -0.137. The number of piperidine rings is 1. The van der Waals surface area contributed by atoms with Crippen LogP contribution in [0.3, 0.4) is 0 Å². The Hall–Kier alpha value is -3.30. The SMILES string of the molecule is CCO.CN1CCC(Cc2ccc(F)cc2)(C(=O)NCc2cccc(C(F)(F)F)c2)CC1.Cc1ccc(F)cc1. The molecule has 0 spiro atoms. The summed E-state index contributed by atoms with van der Waals surface area (Å²) < 4.78 is 64.0. The van der Waals surface area contributed by atoms with E-state index in [0.717, 1.165) is 36.3 Å². The number of carbonyl (C=O) groups excluding carboxylic acids is 1. The van der Waals surface area contributed by atoms with E-state index < -0.39 is 17.2 Å². The fourth-order valence-corrected chi connectivity index (χ4v) is 4.28. The van der Waals surface area contributed by atoms with Crippen LogP contribution in [0.4, 0.5) is 22.0 Å². The Labute approximate surface area is 232 Å². The Morgan fingerprint density at radius 2 is 1.45 bits per heavy atom. The molecule has 40 heavy (non-hydrogen) atoms. The summed E-state index contributed by atoms with van der Waals surface area (Å²) in [5.74, 6) is -0.678. The molecular weight excluding hydrogens is 527 g/mol. The summed E-state index contributed by atoms with van der Waals surface area (Å²) in [5, 5.41) is 10.4. The van der Waals surface area contributed by atoms with Crippen LogP contribution >= 0.6 is 0 Å². The summed E-state index contributed by atoms with van der Waals surface area (Å²) in [6.07, 6.45) is -2.68. The molecule has 3 aromatic rings. The molecule has 1 aliphatic heterocycles. The summed E-state index contributed by atoms with van der Waals surface area (Å²) in [7, 11) is 1.99. The molecule has 0 bridgehead atoms. The zero-order valence-electron chi connectivity index (χ0n) is 23.1. The van der Waals surface area contributed by atoms with Crippen LogP contribution in [-0.2, 0) is 23.9 Å². The molecule has 0 unspecified atom stereocenters. The van der Waals surface area contributed by atoms with Gasteiger partial charge in [-0.1, -0.05) is 42.0 Å². The summed E-state index contributed by atoms with van der Waals surface area (Å²) in [6, 6.07) is 17.5. The van der Waals surface area contributed by atoms with Gasteiger partial charge in [0.1, 0.15) is 11.6 Å². The molecule has 218 valence electrons. The van der Waals surface area contributed by atoms with E-state index in [1.165, 1.54) is 30.3 Å². The van der Waals surface area contributed by atoms with E-state index in [9.17, 15) is 26.7 Å². The van der Waals surface area contributed by atoms with Crippen molar-refractivity contribution in [3.05, 3.63) is 107 Å². The van der Waals surface area contributed by atoms with Crippen molar-refractivity contribution in [2.75, 3.05) is 26.7 Å². The van der Waals surface area contributed by atoms with Crippen molar-refractivity contribution in [3.63, 3.8) is 0 Å². The first kappa shape index (κ1) is 32.9. The summed E-state index contributed by atoms with van der Waals surface area (Å²) in [4.78, 5) is 15.3. The predicted octanol–water partition coefficient (Wildman–Crippen LogP) is 6.55. The Bertz CT molecular complexity index is 1150. The third-order valence-electron chi connectivity index (χ3n) is 6.60. The maximum Gasteiger partial charge on any atom is 0.416 e. The van der Waals surface area contributed by atoms with Crippen LogP contribution in [0.2, 0.25) is 0 Å². The average Bonchev–Trinajstić information content (AvgIpc) is 2.92. The number of carbonyl (C=O) groups is 1. The fraction of sp³-hybridized carbons (Fsp3) is 0.387. The van der Waals surface area contributed by atoms with E-state index in [1.807, 2.05) is 14.0 Å². The molecule has 4 nitrogen and oxygen atoms in total. The number of hydrogen-bond acceptors (Lipinski definition) is 3. The summed E-state index contributed by atoms with van der Waals surface area (Å²) >= 11 is 0. The molecule has 1 amide bonds. The molecule has 0 aromatic heterocycles. The number of likely N-dealkylation sites (tertiary alicyclic amines) is 1. The van der Waals surface area contributed by atoms with E-state index in [0.29, 0.717) is 24.8 Å². The van der Waals surface area contributed by atoms with E-state index in [-0.39, 0.29) is 30.7 Å². The zero-order valence-corrected chi connectivity index (χ0v) is 23.1. The molecule has 0 atom stereocenters. The standard InChI is InChI=1S/C22H24F4N2O.C7H7F.C2H6O/c1-28-11-9-21(10-12-28,14-16-5-7-19(23)8-6-16)20(29)27-15-17-3-2-4-18(13-17)22(24,25)26;1-6-2-4-7(8)5-3-6;1-2-3/h2-8,13H,9-12,14-15H2,1H3,(H,27,29);2-5H,1H3;3H,2H2,1H3. The highest BCUT2D eigenvalue weighted by atomic mass is 19.4. The van der Waals surface area contributed by atoms with Crippen LogP contribution in [0, 0.1) is 24.0 Å². The molecule has 2 N–H and O–H groups in total. The van der Waals surface area contributed by atoms with Crippen molar-refractivity contribution in [1.29, 1.82) is 0 Å². The Balaban J connectivity index is 0.000000427. The third kappa shape index (κ3) is 10.7. The van der Waals surface area contributed by atoms with Gasteiger partial charge >= 0.3 is 6.18 Å². The molecule has 1 heterocycles. The normalized spacial score (nSPS) is 14.7. The summed E-state index contributed by atoms with van der Waals surface area (Å²) in [6.45, 7) is 5.39. The number of rotatable bonds is 5. The number of benzene rings is 3. The maximum atomic E-state index is 13.2. The molecule has 1 aliphatic rings. The van der Waals surface area contributed by atoms with Gasteiger partial charge < -0.3 is 15.3 Å². The van der Waals surface area contributed by atoms with Crippen LogP contribution < -0.4 is 5.32 Å². The first-order valence-electron chi connectivity index (χ1n) is 13.1. The van der Waals surface area contributed by atoms with Gasteiger partial charge in [-0.05, 0) is 101 Å². The van der Waals surface area contributed by atoms with Crippen molar-refractivity contribution < 1.29 is 31.9 Å². The van der Waals surface area contributed by atoms with E-state index in [4.69, 9.17) is 5.11 Å². The largest absolute Gasteiger partial charge is 0.416 e. The van der Waals surface area contributed by atoms with Gasteiger partial charge in [0.2, 0.25) is 5.91 Å². The number of nitrogens with one attached hydrogen (secondary N) is 1. The minimum absolute atomic E-state index is 0.0315. The van der Waals surface area contributed by atoms with Crippen LogP contribution in [0.15, 0.2) is 72.8 Å². The topological polar surface area (TPSA) is 52.6 Å². The number of aryl methyl sites for hydroxylation is 1. The molecule has 0 aliphatic carbocycles. The molecular formula is C31H37F5N2O2. The number of aliphatic hydroxyl groups excluding tert-OH is 1. The number of amides is 1. The quantitative estimate of drug-likeness (QED) is 0.346. The zero-order chi connectivity index (χ0) is 29.8. The van der Waals surface area contributed by atoms with Gasteiger partial charge in [0, 0.05) is 13.2 Å². The van der Waals surface area contributed by atoms with Gasteiger partial charge in [-0.25, -0.2) is 8.78 Å². The third-order valence-corrected chi connectivity index (χ3v) is 6.60. The van der Waals surface area contributed by atoms with Gasteiger partial charge in [0.15, 0.2) is 0 Å². The second kappa shape index (κ2) is 15.5. The lowest BCUT2D eigenvalue weighted by Gasteiger charge is -2.39. The Kier molecular flexibility index (Phi) is 12.7. The Morgan fingerprint density at radius 3 is 1.95 bits per heavy atom. The average molecular weight is 565 g/mol. The van der Waals surface area contributed by atoms with Gasteiger partial charge in [-0.3, -0.25) is 4.79 Å². The van der Waals surface area contributed by atoms with Crippen LogP contribution in [-0.4, -0.2) is 42.7 Å². The van der Waals surface area contributed by atoms with Gasteiger partial charge in [-0.15, -0.1) is 0 Å². The van der Waals surface area contributed by atoms with Crippen LogP contribution in [0.5, 0.6) is 0 Å². The molecule has 3 aromatic carbocycles. The minimum atomic E-state index is -4.42. The number of aliphatic hydroxyl groups is 1. The molecule has 1 fully saturated rings. The number of halogens is 5. The highest BCUT2D eigenvalue weighted by Gasteiger charge is 2.40. The lowest BCUT2D eigenvalue weighted by Crippen LogP contribution is -2.49. The molecule has 1 saturated heterocycles. The van der Waals surface area contributed by atoms with Crippen molar-refractivity contribution in [3.8, 4) is 0 Å². The molecule has 4 rings (SSSR count). The van der Waals surface area contributed by atoms with E-state index in [2.05, 4.69) is 10.2 Å². The van der Waals surface area contributed by atoms with Crippen molar-refractivity contribution in [2.24, 2.45) is 5.41 Å². The van der Waals surface area contributed by atoms with E-state index in [1.54, 1.807) is 37.3 Å². The smallest absolute Gasteiger partial charge is 0.397 e. The number of nitrogens with zero attached hydrogens (tertiary/aromatic N) is 1. The minimum Gasteiger partial charge on any atom is -0.397 e. The molecule has 0 saturated carbocycles. The Morgan fingerprint density at radius 1 is 0.925 bits per heavy atom. The van der Waals surface area contributed by atoms with Crippen molar-refractivity contribution in [1.82, 2.24) is 10.2 Å². The first-order chi connectivity index (χ1) is 18.9. The van der Waals surface area contributed by atoms with Gasteiger partial charge in [-0.2, -0.15) is 13.2 Å². The highest BCUT2D eigenvalue weighted by molar-refractivity contribution is 5.83. The highest BCUT2D eigenvalue weighted by Crippen LogP contribution is 2.36. The van der Waals surface area contributed by atoms with E-state index >= 15 is 0 Å². The fourth-order valence-electron chi connectivity index (χ4n) is 4.28. The second-order valence-electron chi connectivity index (χ2n) is 9.88. The predicted molar refractivity (Wildman–Crippen MR) is 146 cm³/mol. The molecule has 0 radical (unpaired) electrons. The number of alkyl halides is 3. The monoisotopic (exact) mass is 564 g/mol. The maximum absolute atomic E-state index is 13.2.